The van der Waals surface area contributed by atoms with Gasteiger partial charge in [-0.1, -0.05) is 11.6 Å². The first-order chi connectivity index (χ1) is 11.0. The van der Waals surface area contributed by atoms with Crippen LogP contribution in [0.2, 0.25) is 5.02 Å². The molecular weight excluding hydrogens is 321 g/mol. The standard InChI is InChI=1S/C17H15ClFNO3/c1-10-5-13(19)3-4-14(10)20-8-11-6-12(18)7-15(22-2)17(11)23-9-16(20)21/h3-7H,8-9H2,1-2H3. The van der Waals surface area contributed by atoms with Crippen LogP contribution in [-0.4, -0.2) is 19.6 Å². The van der Waals surface area contributed by atoms with E-state index >= 15 is 0 Å². The Morgan fingerprint density at radius 1 is 1.30 bits per heavy atom. The van der Waals surface area contributed by atoms with Crippen LogP contribution in [0.4, 0.5) is 10.1 Å². The minimum absolute atomic E-state index is 0.123. The number of amides is 1. The van der Waals surface area contributed by atoms with Gasteiger partial charge in [-0.2, -0.15) is 0 Å². The van der Waals surface area contributed by atoms with E-state index < -0.39 is 0 Å². The molecule has 0 saturated heterocycles. The number of anilines is 1. The molecule has 0 atom stereocenters. The number of halogens is 2. The highest BCUT2D eigenvalue weighted by atomic mass is 35.5. The Hall–Kier alpha value is -2.27. The summed E-state index contributed by atoms with van der Waals surface area (Å²) in [6, 6.07) is 7.71. The van der Waals surface area contributed by atoms with E-state index in [0.29, 0.717) is 27.8 Å². The maximum absolute atomic E-state index is 13.3. The van der Waals surface area contributed by atoms with Gasteiger partial charge in [-0.15, -0.1) is 0 Å². The van der Waals surface area contributed by atoms with Gasteiger partial charge in [0.2, 0.25) is 0 Å². The molecular formula is C17H15ClFNO3. The van der Waals surface area contributed by atoms with E-state index in [1.165, 1.54) is 19.2 Å². The first-order valence-electron chi connectivity index (χ1n) is 7.05. The molecule has 0 unspecified atom stereocenters. The highest BCUT2D eigenvalue weighted by Gasteiger charge is 2.26. The molecule has 0 saturated carbocycles. The zero-order valence-corrected chi connectivity index (χ0v) is 13.5. The SMILES string of the molecule is COc1cc(Cl)cc2c1OCC(=O)N(c1ccc(F)cc1C)C2. The fourth-order valence-electron chi connectivity index (χ4n) is 2.67. The van der Waals surface area contributed by atoms with Crippen LogP contribution in [0.25, 0.3) is 0 Å². The molecule has 3 rings (SSSR count). The summed E-state index contributed by atoms with van der Waals surface area (Å²) in [6.45, 7) is 1.91. The zero-order valence-electron chi connectivity index (χ0n) is 12.7. The van der Waals surface area contributed by atoms with Crippen molar-refractivity contribution < 1.29 is 18.7 Å². The molecule has 0 bridgehead atoms. The van der Waals surface area contributed by atoms with E-state index in [1.807, 2.05) is 0 Å². The van der Waals surface area contributed by atoms with Crippen LogP contribution in [0.15, 0.2) is 30.3 Å². The van der Waals surface area contributed by atoms with Gasteiger partial charge in [0.15, 0.2) is 18.1 Å². The van der Waals surface area contributed by atoms with Crippen molar-refractivity contribution in [2.45, 2.75) is 13.5 Å². The lowest BCUT2D eigenvalue weighted by Crippen LogP contribution is -2.32. The van der Waals surface area contributed by atoms with E-state index in [0.717, 1.165) is 5.56 Å². The second kappa shape index (κ2) is 6.08. The molecule has 2 aromatic rings. The van der Waals surface area contributed by atoms with Crippen molar-refractivity contribution in [2.24, 2.45) is 0 Å². The summed E-state index contributed by atoms with van der Waals surface area (Å²) in [7, 11) is 1.52. The van der Waals surface area contributed by atoms with Gasteiger partial charge in [0, 0.05) is 22.3 Å². The lowest BCUT2D eigenvalue weighted by molar-refractivity contribution is -0.120. The van der Waals surface area contributed by atoms with Gasteiger partial charge in [0.25, 0.3) is 5.91 Å². The van der Waals surface area contributed by atoms with Crippen molar-refractivity contribution in [3.63, 3.8) is 0 Å². The summed E-state index contributed by atoms with van der Waals surface area (Å²) in [5, 5.41) is 0.495. The molecule has 1 aliphatic rings. The number of fused-ring (bicyclic) bond motifs is 1. The third-order valence-electron chi connectivity index (χ3n) is 3.74. The van der Waals surface area contributed by atoms with Crippen LogP contribution in [0, 0.1) is 12.7 Å². The van der Waals surface area contributed by atoms with Gasteiger partial charge >= 0.3 is 0 Å². The second-order valence-corrected chi connectivity index (χ2v) is 5.73. The third-order valence-corrected chi connectivity index (χ3v) is 3.95. The van der Waals surface area contributed by atoms with E-state index in [9.17, 15) is 9.18 Å². The van der Waals surface area contributed by atoms with Crippen LogP contribution in [0.1, 0.15) is 11.1 Å². The number of hydrogen-bond donors (Lipinski definition) is 0. The number of carbonyl (C=O) groups excluding carboxylic acids is 1. The van der Waals surface area contributed by atoms with Crippen molar-refractivity contribution in [1.29, 1.82) is 0 Å². The molecule has 0 N–H and O–H groups in total. The molecule has 1 amide bonds. The summed E-state index contributed by atoms with van der Waals surface area (Å²) in [4.78, 5) is 14.0. The molecule has 6 heteroatoms. The molecule has 0 spiro atoms. The number of aryl methyl sites for hydroxylation is 1. The van der Waals surface area contributed by atoms with Crippen molar-refractivity contribution >= 4 is 23.2 Å². The lowest BCUT2D eigenvalue weighted by Gasteiger charge is -2.22. The predicted octanol–water partition coefficient (Wildman–Crippen LogP) is 3.72. The Balaban J connectivity index is 2.07. The minimum atomic E-state index is -0.338. The van der Waals surface area contributed by atoms with Gasteiger partial charge in [0.05, 0.1) is 13.7 Å². The number of rotatable bonds is 2. The second-order valence-electron chi connectivity index (χ2n) is 5.30. The lowest BCUT2D eigenvalue weighted by atomic mass is 10.1. The summed E-state index contributed by atoms with van der Waals surface area (Å²) < 4.78 is 24.2. The van der Waals surface area contributed by atoms with Crippen molar-refractivity contribution in [3.8, 4) is 11.5 Å². The van der Waals surface area contributed by atoms with E-state index in [4.69, 9.17) is 21.1 Å². The van der Waals surface area contributed by atoms with Crippen molar-refractivity contribution in [1.82, 2.24) is 0 Å². The quantitative estimate of drug-likeness (QED) is 0.839. The van der Waals surface area contributed by atoms with Gasteiger partial charge < -0.3 is 14.4 Å². The van der Waals surface area contributed by atoms with E-state index in [-0.39, 0.29) is 24.9 Å². The Bertz CT molecular complexity index is 779. The van der Waals surface area contributed by atoms with E-state index in [1.54, 1.807) is 30.0 Å². The smallest absolute Gasteiger partial charge is 0.265 e. The van der Waals surface area contributed by atoms with Crippen LogP contribution >= 0.6 is 11.6 Å². The Morgan fingerprint density at radius 3 is 2.78 bits per heavy atom. The number of carbonyl (C=O) groups is 1. The van der Waals surface area contributed by atoms with Crippen LogP contribution in [-0.2, 0) is 11.3 Å². The molecule has 2 aromatic carbocycles. The van der Waals surface area contributed by atoms with E-state index in [2.05, 4.69) is 0 Å². The normalized spacial score (nSPS) is 14.1. The summed E-state index contributed by atoms with van der Waals surface area (Å²) in [5.41, 5.74) is 2.06. The maximum Gasteiger partial charge on any atom is 0.265 e. The molecule has 4 nitrogen and oxygen atoms in total. The average Bonchev–Trinajstić information content (AvgIpc) is 2.66. The number of nitrogens with zero attached hydrogens (tertiary/aromatic N) is 1. The Kier molecular flexibility index (Phi) is 4.13. The first kappa shape index (κ1) is 15.6. The molecule has 1 aliphatic heterocycles. The molecule has 0 aromatic heterocycles. The minimum Gasteiger partial charge on any atom is -0.493 e. The van der Waals surface area contributed by atoms with Gasteiger partial charge in [-0.3, -0.25) is 4.79 Å². The number of methoxy groups -OCH3 is 1. The highest BCUT2D eigenvalue weighted by Crippen LogP contribution is 2.38. The molecule has 0 radical (unpaired) electrons. The molecule has 23 heavy (non-hydrogen) atoms. The third kappa shape index (κ3) is 2.97. The van der Waals surface area contributed by atoms with Crippen molar-refractivity contribution in [2.75, 3.05) is 18.6 Å². The first-order valence-corrected chi connectivity index (χ1v) is 7.43. The summed E-state index contributed by atoms with van der Waals surface area (Å²) in [5.74, 6) is 0.439. The zero-order chi connectivity index (χ0) is 16.6. The summed E-state index contributed by atoms with van der Waals surface area (Å²) in [6.07, 6.45) is 0. The average molecular weight is 336 g/mol. The number of hydrogen-bond acceptors (Lipinski definition) is 3. The fraction of sp³-hybridized carbons (Fsp3) is 0.235. The van der Waals surface area contributed by atoms with Crippen LogP contribution < -0.4 is 14.4 Å². The molecule has 0 aliphatic carbocycles. The van der Waals surface area contributed by atoms with Crippen molar-refractivity contribution in [3.05, 3.63) is 52.3 Å². The maximum atomic E-state index is 13.3. The number of benzene rings is 2. The van der Waals surface area contributed by atoms with Gasteiger partial charge in [-0.25, -0.2) is 4.39 Å². The van der Waals surface area contributed by atoms with Crippen LogP contribution in [0.5, 0.6) is 11.5 Å². The predicted molar refractivity (Wildman–Crippen MR) is 85.8 cm³/mol. The Morgan fingerprint density at radius 2 is 2.09 bits per heavy atom. The number of ether oxygens (including phenoxy) is 2. The molecule has 120 valence electrons. The Labute approximate surface area is 138 Å². The fourth-order valence-corrected chi connectivity index (χ4v) is 2.90. The van der Waals surface area contributed by atoms with Gasteiger partial charge in [0.1, 0.15) is 5.82 Å². The monoisotopic (exact) mass is 335 g/mol. The molecule has 1 heterocycles. The summed E-state index contributed by atoms with van der Waals surface area (Å²) >= 11 is 6.11. The largest absolute Gasteiger partial charge is 0.493 e. The highest BCUT2D eigenvalue weighted by molar-refractivity contribution is 6.30. The van der Waals surface area contributed by atoms with Crippen LogP contribution in [0.3, 0.4) is 0 Å². The van der Waals surface area contributed by atoms with Gasteiger partial charge in [-0.05, 0) is 36.8 Å². The molecule has 0 fully saturated rings. The topological polar surface area (TPSA) is 38.8 Å².